The summed E-state index contributed by atoms with van der Waals surface area (Å²) < 4.78 is 0. The molecular formula is C22H21N3S. The van der Waals surface area contributed by atoms with Crippen LogP contribution in [0.3, 0.4) is 0 Å². The first-order valence-corrected chi connectivity index (χ1v) is 9.42. The topological polar surface area (TPSA) is 60.6 Å². The smallest absolute Gasteiger partial charge is 0.0897 e. The molecule has 3 rings (SSSR count). The number of aromatic nitrogens is 1. The molecule has 0 saturated carbocycles. The number of aryl methyl sites for hydroxylation is 2. The van der Waals surface area contributed by atoms with Crippen LogP contribution in [0.25, 0.3) is 6.08 Å². The minimum absolute atomic E-state index is 0.240. The number of hydrogen-bond acceptors (Lipinski definition) is 4. The lowest BCUT2D eigenvalue weighted by Gasteiger charge is -2.07. The molecule has 0 bridgehead atoms. The Bertz CT molecular complexity index is 939. The van der Waals surface area contributed by atoms with Crippen LogP contribution in [0.4, 0.5) is 0 Å². The van der Waals surface area contributed by atoms with Gasteiger partial charge in [0.2, 0.25) is 0 Å². The van der Waals surface area contributed by atoms with Crippen molar-refractivity contribution in [3.05, 3.63) is 93.4 Å². The van der Waals surface area contributed by atoms with Crippen molar-refractivity contribution in [1.29, 1.82) is 10.8 Å². The lowest BCUT2D eigenvalue weighted by atomic mass is 9.98. The highest BCUT2D eigenvalue weighted by Gasteiger charge is 2.10. The molecule has 0 saturated heterocycles. The van der Waals surface area contributed by atoms with Crippen LogP contribution < -0.4 is 0 Å². The normalized spacial score (nSPS) is 11.0. The van der Waals surface area contributed by atoms with Gasteiger partial charge in [-0.1, -0.05) is 60.7 Å². The summed E-state index contributed by atoms with van der Waals surface area (Å²) in [6.45, 7) is 2.03. The van der Waals surface area contributed by atoms with E-state index in [1.54, 1.807) is 11.3 Å². The van der Waals surface area contributed by atoms with Crippen LogP contribution in [0.2, 0.25) is 0 Å². The number of rotatable bonds is 7. The highest BCUT2D eigenvalue weighted by Crippen LogP contribution is 2.13. The van der Waals surface area contributed by atoms with Crippen molar-refractivity contribution in [3.8, 4) is 0 Å². The molecule has 0 atom stereocenters. The van der Waals surface area contributed by atoms with E-state index in [0.717, 1.165) is 40.2 Å². The summed E-state index contributed by atoms with van der Waals surface area (Å²) in [6.07, 6.45) is 6.09. The van der Waals surface area contributed by atoms with E-state index >= 15 is 0 Å². The van der Waals surface area contributed by atoms with E-state index in [-0.39, 0.29) is 11.4 Å². The maximum absolute atomic E-state index is 8.34. The van der Waals surface area contributed by atoms with Gasteiger partial charge in [-0.2, -0.15) is 0 Å². The van der Waals surface area contributed by atoms with Gasteiger partial charge in [0.15, 0.2) is 0 Å². The maximum Gasteiger partial charge on any atom is 0.0897 e. The van der Waals surface area contributed by atoms with Crippen LogP contribution in [0.1, 0.15) is 33.8 Å². The van der Waals surface area contributed by atoms with Crippen molar-refractivity contribution in [1.82, 2.24) is 4.98 Å². The van der Waals surface area contributed by atoms with Crippen LogP contribution in [0.5, 0.6) is 0 Å². The Balaban J connectivity index is 1.65. The van der Waals surface area contributed by atoms with Crippen molar-refractivity contribution in [2.45, 2.75) is 19.8 Å². The first-order chi connectivity index (χ1) is 12.6. The molecule has 2 N–H and O–H groups in total. The number of allylic oxidation sites excluding steroid dienone is 1. The molecule has 0 fully saturated rings. The summed E-state index contributed by atoms with van der Waals surface area (Å²) in [6, 6.07) is 17.2. The van der Waals surface area contributed by atoms with Crippen LogP contribution in [-0.4, -0.2) is 16.4 Å². The minimum Gasteiger partial charge on any atom is -0.298 e. The van der Waals surface area contributed by atoms with Crippen molar-refractivity contribution in [3.63, 3.8) is 0 Å². The fraction of sp³-hybridized carbons (Fsp3) is 0.136. The van der Waals surface area contributed by atoms with Crippen LogP contribution in [0.15, 0.2) is 66.1 Å². The first kappa shape index (κ1) is 18.0. The lowest BCUT2D eigenvalue weighted by molar-refractivity contribution is 0.953. The van der Waals surface area contributed by atoms with Crippen LogP contribution in [-0.2, 0) is 6.42 Å². The third-order valence-electron chi connectivity index (χ3n) is 4.03. The lowest BCUT2D eigenvalue weighted by Crippen LogP contribution is -2.14. The number of benzene rings is 2. The number of nitrogens with one attached hydrogen (secondary N) is 2. The van der Waals surface area contributed by atoms with Crippen LogP contribution >= 0.6 is 11.3 Å². The maximum atomic E-state index is 8.34. The second-order valence-corrected chi connectivity index (χ2v) is 7.10. The van der Waals surface area contributed by atoms with Crippen molar-refractivity contribution < 1.29 is 0 Å². The minimum atomic E-state index is 0.240. The van der Waals surface area contributed by atoms with Gasteiger partial charge in [-0.25, -0.2) is 4.98 Å². The summed E-state index contributed by atoms with van der Waals surface area (Å²) in [5.74, 6) is 0. The Labute approximate surface area is 158 Å². The third-order valence-corrected chi connectivity index (χ3v) is 4.85. The monoisotopic (exact) mass is 359 g/mol. The molecule has 0 amide bonds. The van der Waals surface area contributed by atoms with E-state index in [1.165, 1.54) is 0 Å². The van der Waals surface area contributed by atoms with E-state index in [9.17, 15) is 0 Å². The zero-order chi connectivity index (χ0) is 18.4. The molecule has 4 heteroatoms. The Morgan fingerprint density at radius 1 is 1.00 bits per heavy atom. The molecule has 130 valence electrons. The molecule has 0 aliphatic rings. The van der Waals surface area contributed by atoms with E-state index in [0.29, 0.717) is 0 Å². The van der Waals surface area contributed by atoms with Gasteiger partial charge in [0.1, 0.15) is 0 Å². The first-order valence-electron chi connectivity index (χ1n) is 8.54. The highest BCUT2D eigenvalue weighted by molar-refractivity contribution is 7.09. The Kier molecular flexibility index (Phi) is 5.87. The molecule has 3 aromatic rings. The van der Waals surface area contributed by atoms with Crippen molar-refractivity contribution in [2.75, 3.05) is 0 Å². The fourth-order valence-corrected chi connectivity index (χ4v) is 3.31. The van der Waals surface area contributed by atoms with Gasteiger partial charge in [0.05, 0.1) is 22.1 Å². The molecular weight excluding hydrogens is 338 g/mol. The zero-order valence-electron chi connectivity index (χ0n) is 14.7. The number of thiazole rings is 1. The fourth-order valence-electron chi connectivity index (χ4n) is 2.67. The Morgan fingerprint density at radius 2 is 1.73 bits per heavy atom. The molecule has 0 aliphatic carbocycles. The molecule has 1 heterocycles. The standard InChI is InChI=1S/C22H21N3S/c1-16-25-20(15-26-16)13-6-5-8-17-9-7-12-19(14-17)22(24)21(23)18-10-3-2-4-11-18/h2-5,7-12,14-15,23-24H,6,13H2,1H3/b8-5+,23-21?,24-22?. The van der Waals surface area contributed by atoms with Gasteiger partial charge < -0.3 is 0 Å². The average molecular weight is 359 g/mol. The molecule has 3 nitrogen and oxygen atoms in total. The van der Waals surface area contributed by atoms with E-state index in [1.807, 2.05) is 61.5 Å². The van der Waals surface area contributed by atoms with Gasteiger partial charge in [0.25, 0.3) is 0 Å². The quantitative estimate of drug-likeness (QED) is 0.535. The van der Waals surface area contributed by atoms with Gasteiger partial charge in [-0.05, 0) is 31.4 Å². The van der Waals surface area contributed by atoms with Crippen molar-refractivity contribution in [2.24, 2.45) is 0 Å². The van der Waals surface area contributed by atoms with E-state index in [2.05, 4.69) is 22.5 Å². The van der Waals surface area contributed by atoms with Gasteiger partial charge >= 0.3 is 0 Å². The predicted octanol–water partition coefficient (Wildman–Crippen LogP) is 5.53. The third kappa shape index (κ3) is 4.61. The predicted molar refractivity (Wildman–Crippen MR) is 111 cm³/mol. The largest absolute Gasteiger partial charge is 0.298 e. The molecule has 2 aromatic carbocycles. The molecule has 26 heavy (non-hydrogen) atoms. The van der Waals surface area contributed by atoms with E-state index in [4.69, 9.17) is 10.8 Å². The summed E-state index contributed by atoms with van der Waals surface area (Å²) in [5, 5.41) is 19.8. The Hall–Kier alpha value is -2.85. The number of hydrogen-bond donors (Lipinski definition) is 2. The molecule has 0 aliphatic heterocycles. The molecule has 1 aromatic heterocycles. The summed E-state index contributed by atoms with van der Waals surface area (Å²) in [5.41, 5.74) is 4.19. The second kappa shape index (κ2) is 8.50. The van der Waals surface area contributed by atoms with Gasteiger partial charge in [0, 0.05) is 16.5 Å². The van der Waals surface area contributed by atoms with Crippen LogP contribution in [0, 0.1) is 17.7 Å². The van der Waals surface area contributed by atoms with Crippen molar-refractivity contribution >= 4 is 28.8 Å². The summed E-state index contributed by atoms with van der Waals surface area (Å²) in [7, 11) is 0. The Morgan fingerprint density at radius 3 is 2.46 bits per heavy atom. The van der Waals surface area contributed by atoms with E-state index < -0.39 is 0 Å². The zero-order valence-corrected chi connectivity index (χ0v) is 15.5. The average Bonchev–Trinajstić information content (AvgIpc) is 3.10. The SMILES string of the molecule is Cc1nc(CC/C=C/c2cccc(C(=N)C(=N)c3ccccc3)c2)cs1. The number of nitrogens with zero attached hydrogens (tertiary/aromatic N) is 1. The summed E-state index contributed by atoms with van der Waals surface area (Å²) >= 11 is 1.69. The summed E-state index contributed by atoms with van der Waals surface area (Å²) in [4.78, 5) is 4.47. The van der Waals surface area contributed by atoms with Gasteiger partial charge in [-0.3, -0.25) is 10.8 Å². The molecule has 0 unspecified atom stereocenters. The second-order valence-electron chi connectivity index (χ2n) is 6.04. The molecule has 0 radical (unpaired) electrons. The highest BCUT2D eigenvalue weighted by atomic mass is 32.1. The van der Waals surface area contributed by atoms with Gasteiger partial charge in [-0.15, -0.1) is 11.3 Å². The molecule has 0 spiro atoms.